The first-order valence-corrected chi connectivity index (χ1v) is 24.4. The van der Waals surface area contributed by atoms with Gasteiger partial charge in [-0.3, -0.25) is 0 Å². The summed E-state index contributed by atoms with van der Waals surface area (Å²) in [6.07, 6.45) is 0. The highest BCUT2D eigenvalue weighted by atomic mass is 16.3. The monoisotopic (exact) mass is 874 g/mol. The molecule has 0 unspecified atom stereocenters. The third kappa shape index (κ3) is 4.51. The molecule has 0 saturated carbocycles. The van der Waals surface area contributed by atoms with E-state index in [1.807, 2.05) is 0 Å². The summed E-state index contributed by atoms with van der Waals surface area (Å²) >= 11 is 0. The van der Waals surface area contributed by atoms with Crippen LogP contribution in [-0.4, -0.2) is 0 Å². The number of hydrogen-bond donors (Lipinski definition) is 0. The standard InChI is InChI=1S/C66H50O2/c1-63(2)47-21-13-9-17-37(47)39-27-25-35(31-49(39)63)45-33-52-57(62-55(45)41-19-11-15-23-53(41)68-62)44-30-29-43-56-51(65(5,6)59(43)60(44)66(52,7)8)34-46(61-58(56)42-20-12-16-24-54(42)67-61)36-26-28-40-38-18-10-14-22-48(38)64(3,4)50(40)32-36/h9-34H,1-8H3. The van der Waals surface area contributed by atoms with Crippen LogP contribution in [0.2, 0.25) is 0 Å². The molecule has 9 aromatic carbocycles. The second kappa shape index (κ2) is 12.4. The molecule has 0 amide bonds. The molecule has 0 N–H and O–H groups in total. The highest BCUT2D eigenvalue weighted by Gasteiger charge is 2.49. The van der Waals surface area contributed by atoms with E-state index in [0.29, 0.717) is 0 Å². The van der Waals surface area contributed by atoms with Gasteiger partial charge in [-0.05, 0) is 137 Å². The van der Waals surface area contributed by atoms with Gasteiger partial charge in [0, 0.05) is 54.3 Å². The smallest absolute Gasteiger partial charge is 0.144 e. The number of benzene rings is 9. The van der Waals surface area contributed by atoms with E-state index in [1.54, 1.807) is 0 Å². The Kier molecular flexibility index (Phi) is 7.03. The fourth-order valence-electron chi connectivity index (χ4n) is 14.1. The predicted octanol–water partition coefficient (Wildman–Crippen LogP) is 18.0. The van der Waals surface area contributed by atoms with E-state index in [4.69, 9.17) is 8.83 Å². The summed E-state index contributed by atoms with van der Waals surface area (Å²) in [5.74, 6) is 0. The van der Waals surface area contributed by atoms with Gasteiger partial charge in [0.2, 0.25) is 0 Å². The van der Waals surface area contributed by atoms with Gasteiger partial charge >= 0.3 is 0 Å². The van der Waals surface area contributed by atoms with Gasteiger partial charge < -0.3 is 8.83 Å². The molecule has 0 radical (unpaired) electrons. The summed E-state index contributed by atoms with van der Waals surface area (Å²) in [4.78, 5) is 0. The van der Waals surface area contributed by atoms with E-state index in [2.05, 4.69) is 213 Å². The zero-order valence-electron chi connectivity index (χ0n) is 39.8. The van der Waals surface area contributed by atoms with E-state index in [1.165, 1.54) is 116 Å². The lowest BCUT2D eigenvalue weighted by Crippen LogP contribution is -2.24. The van der Waals surface area contributed by atoms with Crippen molar-refractivity contribution in [3.05, 3.63) is 202 Å². The molecule has 0 atom stereocenters. The molecule has 0 aliphatic heterocycles. The van der Waals surface area contributed by atoms with Crippen LogP contribution in [0.15, 0.2) is 167 Å². The van der Waals surface area contributed by atoms with Gasteiger partial charge in [-0.25, -0.2) is 0 Å². The van der Waals surface area contributed by atoms with Crippen LogP contribution in [0.4, 0.5) is 0 Å². The fraction of sp³-hybridized carbons (Fsp3) is 0.182. The van der Waals surface area contributed by atoms with E-state index in [-0.39, 0.29) is 21.7 Å². The second-order valence-corrected chi connectivity index (χ2v) is 22.3. The second-order valence-electron chi connectivity index (χ2n) is 22.3. The molecule has 4 aliphatic rings. The first kappa shape index (κ1) is 38.7. The maximum atomic E-state index is 7.14. The minimum absolute atomic E-state index is 0.110. The molecule has 2 aromatic heterocycles. The van der Waals surface area contributed by atoms with Crippen molar-refractivity contribution in [2.45, 2.75) is 77.0 Å². The van der Waals surface area contributed by atoms with Crippen molar-refractivity contribution < 1.29 is 8.83 Å². The average molecular weight is 875 g/mol. The molecule has 15 rings (SSSR count). The lowest BCUT2D eigenvalue weighted by Gasteiger charge is -2.31. The molecule has 0 bridgehead atoms. The van der Waals surface area contributed by atoms with Crippen LogP contribution >= 0.6 is 0 Å². The van der Waals surface area contributed by atoms with E-state index < -0.39 is 0 Å². The van der Waals surface area contributed by atoms with Crippen molar-refractivity contribution in [3.8, 4) is 66.8 Å². The van der Waals surface area contributed by atoms with E-state index in [9.17, 15) is 0 Å². The highest BCUT2D eigenvalue weighted by Crippen LogP contribution is 2.64. The summed E-state index contributed by atoms with van der Waals surface area (Å²) in [5, 5.41) is 4.72. The van der Waals surface area contributed by atoms with E-state index in [0.717, 1.165) is 38.7 Å². The predicted molar refractivity (Wildman–Crippen MR) is 282 cm³/mol. The molecular weight excluding hydrogens is 825 g/mol. The molecule has 0 saturated heterocycles. The zero-order chi connectivity index (χ0) is 46.0. The van der Waals surface area contributed by atoms with Crippen LogP contribution in [0, 0.1) is 0 Å². The fourth-order valence-corrected chi connectivity index (χ4v) is 14.1. The third-order valence-corrected chi connectivity index (χ3v) is 17.4. The first-order chi connectivity index (χ1) is 32.8. The Hall–Kier alpha value is -7.42. The average Bonchev–Trinajstić information content (AvgIpc) is 4.13. The van der Waals surface area contributed by atoms with Crippen molar-refractivity contribution >= 4 is 43.9 Å². The van der Waals surface area contributed by atoms with Crippen LogP contribution < -0.4 is 0 Å². The van der Waals surface area contributed by atoms with E-state index >= 15 is 0 Å². The maximum Gasteiger partial charge on any atom is 0.144 e. The molecular formula is C66H50O2. The Bertz CT molecular complexity index is 4140. The summed E-state index contributed by atoms with van der Waals surface area (Å²) in [7, 11) is 0. The van der Waals surface area contributed by atoms with Crippen molar-refractivity contribution in [1.82, 2.24) is 0 Å². The Morgan fingerprint density at radius 3 is 1.31 bits per heavy atom. The Morgan fingerprint density at radius 1 is 0.294 bits per heavy atom. The zero-order valence-corrected chi connectivity index (χ0v) is 39.8. The van der Waals surface area contributed by atoms with Gasteiger partial charge in [-0.1, -0.05) is 177 Å². The molecule has 0 spiro atoms. The minimum atomic E-state index is -0.343. The SMILES string of the molecule is CC1(C)c2ccccc2-c2ccc(-c3cc4c(c5c3oc3ccccc35)-c3ccc5c(c3C4(C)C)C(C)(C)c3cc(-c4ccc6c(c4)C(C)(C)c4ccccc4-6)c4c(oc6ccccc64)c3-5)cc21. The Balaban J connectivity index is 0.968. The summed E-state index contributed by atoms with van der Waals surface area (Å²) in [5.41, 5.74) is 29.1. The molecule has 326 valence electrons. The number of para-hydroxylation sites is 2. The van der Waals surface area contributed by atoms with Gasteiger partial charge in [0.1, 0.15) is 22.3 Å². The molecule has 11 aromatic rings. The summed E-state index contributed by atoms with van der Waals surface area (Å²) < 4.78 is 14.2. The molecule has 4 aliphatic carbocycles. The lowest BCUT2D eigenvalue weighted by molar-refractivity contribution is 0.601. The van der Waals surface area contributed by atoms with Crippen molar-refractivity contribution in [3.63, 3.8) is 0 Å². The largest absolute Gasteiger partial charge is 0.455 e. The van der Waals surface area contributed by atoms with Gasteiger partial charge in [-0.15, -0.1) is 0 Å². The van der Waals surface area contributed by atoms with Gasteiger partial charge in [0.15, 0.2) is 0 Å². The molecule has 68 heavy (non-hydrogen) atoms. The van der Waals surface area contributed by atoms with Gasteiger partial charge in [0.05, 0.1) is 0 Å². The maximum absolute atomic E-state index is 7.14. The minimum Gasteiger partial charge on any atom is -0.455 e. The molecule has 2 nitrogen and oxygen atoms in total. The molecule has 0 fully saturated rings. The van der Waals surface area contributed by atoms with Crippen LogP contribution in [0.25, 0.3) is 111 Å². The first-order valence-electron chi connectivity index (χ1n) is 24.4. The van der Waals surface area contributed by atoms with Crippen LogP contribution in [0.1, 0.15) is 99.9 Å². The number of fused-ring (bicyclic) bond motifs is 21. The summed E-state index contributed by atoms with van der Waals surface area (Å²) in [6.45, 7) is 19.3. The molecule has 2 heteroatoms. The van der Waals surface area contributed by atoms with Crippen molar-refractivity contribution in [2.24, 2.45) is 0 Å². The Labute approximate surface area is 396 Å². The third-order valence-electron chi connectivity index (χ3n) is 17.4. The van der Waals surface area contributed by atoms with Crippen LogP contribution in [0.3, 0.4) is 0 Å². The normalized spacial score (nSPS) is 16.7. The topological polar surface area (TPSA) is 26.3 Å². The number of rotatable bonds is 2. The van der Waals surface area contributed by atoms with Crippen molar-refractivity contribution in [2.75, 3.05) is 0 Å². The number of furan rings is 2. The van der Waals surface area contributed by atoms with Crippen LogP contribution in [0.5, 0.6) is 0 Å². The van der Waals surface area contributed by atoms with Gasteiger partial charge in [0.25, 0.3) is 0 Å². The van der Waals surface area contributed by atoms with Gasteiger partial charge in [-0.2, -0.15) is 0 Å². The molecule has 2 heterocycles. The summed E-state index contributed by atoms with van der Waals surface area (Å²) in [6, 6.07) is 59.3. The quantitative estimate of drug-likeness (QED) is 0.173. The Morgan fingerprint density at radius 2 is 0.721 bits per heavy atom. The van der Waals surface area contributed by atoms with Crippen LogP contribution in [-0.2, 0) is 21.7 Å². The number of hydrogen-bond acceptors (Lipinski definition) is 2. The lowest BCUT2D eigenvalue weighted by atomic mass is 9.72. The highest BCUT2D eigenvalue weighted by molar-refractivity contribution is 6.21. The van der Waals surface area contributed by atoms with Crippen molar-refractivity contribution in [1.29, 1.82) is 0 Å².